The molecule has 7 heteroatoms. The number of nitrogens with zero attached hydrogens (tertiary/aromatic N) is 1. The number of hydrogen-bond donors (Lipinski definition) is 2. The maximum atomic E-state index is 12.6. The van der Waals surface area contributed by atoms with Crippen molar-refractivity contribution in [1.29, 1.82) is 0 Å². The average Bonchev–Trinajstić information content (AvgIpc) is 2.96. The van der Waals surface area contributed by atoms with Gasteiger partial charge in [-0.15, -0.1) is 0 Å². The minimum atomic E-state index is -0.674. The van der Waals surface area contributed by atoms with E-state index in [2.05, 4.69) is 31.7 Å². The van der Waals surface area contributed by atoms with Crippen LogP contribution < -0.4 is 10.6 Å². The lowest BCUT2D eigenvalue weighted by Gasteiger charge is -2.23. The zero-order chi connectivity index (χ0) is 17.7. The largest absolute Gasteiger partial charge is 0.360 e. The number of aryl methyl sites for hydroxylation is 1. The van der Waals surface area contributed by atoms with E-state index in [1.165, 1.54) is 0 Å². The molecule has 0 fully saturated rings. The molecule has 6 nitrogen and oxygen atoms in total. The van der Waals surface area contributed by atoms with Crippen LogP contribution in [0.25, 0.3) is 0 Å². The first kappa shape index (κ1) is 18.2. The lowest BCUT2D eigenvalue weighted by atomic mass is 9.98. The second-order valence-electron chi connectivity index (χ2n) is 5.63. The summed E-state index contributed by atoms with van der Waals surface area (Å²) in [4.78, 5) is 25.1. The Labute approximate surface area is 149 Å². The summed E-state index contributed by atoms with van der Waals surface area (Å²) in [6.45, 7) is 5.62. The number of amides is 2. The molecular weight excluding hydrogens is 374 g/mol. The van der Waals surface area contributed by atoms with Crippen molar-refractivity contribution in [2.24, 2.45) is 5.92 Å². The van der Waals surface area contributed by atoms with Gasteiger partial charge in [-0.2, -0.15) is 0 Å². The third kappa shape index (κ3) is 4.44. The highest BCUT2D eigenvalue weighted by molar-refractivity contribution is 9.10. The van der Waals surface area contributed by atoms with Gasteiger partial charge in [-0.3, -0.25) is 9.59 Å². The van der Waals surface area contributed by atoms with E-state index in [0.29, 0.717) is 21.6 Å². The summed E-state index contributed by atoms with van der Waals surface area (Å²) >= 11 is 3.35. The molecule has 0 saturated carbocycles. The summed E-state index contributed by atoms with van der Waals surface area (Å²) in [5.74, 6) is 0.269. The van der Waals surface area contributed by atoms with Crippen LogP contribution in [0.2, 0.25) is 0 Å². The normalized spacial score (nSPS) is 13.2. The molecule has 0 spiro atoms. The summed E-state index contributed by atoms with van der Waals surface area (Å²) in [5.41, 5.74) is 0.482. The molecule has 1 aromatic heterocycles. The second kappa shape index (κ2) is 8.10. The van der Waals surface area contributed by atoms with Gasteiger partial charge in [-0.1, -0.05) is 37.6 Å². The van der Waals surface area contributed by atoms with Crippen LogP contribution in [0.1, 0.15) is 36.4 Å². The van der Waals surface area contributed by atoms with Gasteiger partial charge in [0, 0.05) is 10.5 Å². The summed E-state index contributed by atoms with van der Waals surface area (Å²) in [5, 5.41) is 9.24. The first-order valence-electron chi connectivity index (χ1n) is 7.72. The maximum Gasteiger partial charge on any atom is 0.253 e. The van der Waals surface area contributed by atoms with Crippen LogP contribution in [-0.2, 0) is 4.79 Å². The Balaban J connectivity index is 2.14. The third-order valence-corrected chi connectivity index (χ3v) is 4.47. The van der Waals surface area contributed by atoms with Crippen LogP contribution >= 0.6 is 15.9 Å². The lowest BCUT2D eigenvalue weighted by Crippen LogP contribution is -2.47. The van der Waals surface area contributed by atoms with E-state index in [1.54, 1.807) is 31.2 Å². The van der Waals surface area contributed by atoms with Gasteiger partial charge >= 0.3 is 0 Å². The second-order valence-corrected chi connectivity index (χ2v) is 6.48. The van der Waals surface area contributed by atoms with E-state index in [4.69, 9.17) is 4.52 Å². The fourth-order valence-corrected chi connectivity index (χ4v) is 2.66. The van der Waals surface area contributed by atoms with Gasteiger partial charge < -0.3 is 15.2 Å². The Kier molecular flexibility index (Phi) is 6.14. The molecule has 2 N–H and O–H groups in total. The molecule has 1 unspecified atom stereocenters. The summed E-state index contributed by atoms with van der Waals surface area (Å²) < 4.78 is 5.62. The fraction of sp³-hybridized carbons (Fsp3) is 0.353. The molecule has 2 rings (SSSR count). The number of carbonyl (C=O) groups is 2. The molecule has 1 aromatic carbocycles. The Hall–Kier alpha value is -2.15. The zero-order valence-electron chi connectivity index (χ0n) is 13.8. The number of hydrogen-bond acceptors (Lipinski definition) is 4. The quantitative estimate of drug-likeness (QED) is 0.785. The summed E-state index contributed by atoms with van der Waals surface area (Å²) in [7, 11) is 0. The van der Waals surface area contributed by atoms with Crippen LogP contribution in [0.4, 0.5) is 5.82 Å². The van der Waals surface area contributed by atoms with Crippen molar-refractivity contribution in [3.8, 4) is 0 Å². The summed E-state index contributed by atoms with van der Waals surface area (Å²) in [6, 6.07) is 8.04. The van der Waals surface area contributed by atoms with Crippen LogP contribution in [0, 0.1) is 12.8 Å². The number of halogens is 1. The van der Waals surface area contributed by atoms with E-state index < -0.39 is 6.04 Å². The predicted octanol–water partition coefficient (Wildman–Crippen LogP) is 3.53. The van der Waals surface area contributed by atoms with Crippen molar-refractivity contribution in [2.75, 3.05) is 5.32 Å². The standard InChI is InChI=1S/C17H20BrN3O3/c1-4-10(2)15(17(23)19-14-9-11(3)24-21-14)20-16(22)12-7-5-6-8-13(12)18/h5-10,15H,4H2,1-3H3,(H,20,22)(H,19,21,23)/t10?,15-/m0/s1. The van der Waals surface area contributed by atoms with Crippen molar-refractivity contribution < 1.29 is 14.1 Å². The van der Waals surface area contributed by atoms with Gasteiger partial charge in [0.05, 0.1) is 5.56 Å². The monoisotopic (exact) mass is 393 g/mol. The third-order valence-electron chi connectivity index (χ3n) is 3.78. The van der Waals surface area contributed by atoms with Crippen molar-refractivity contribution in [1.82, 2.24) is 10.5 Å². The minimum absolute atomic E-state index is 0.0376. The number of rotatable bonds is 6. The van der Waals surface area contributed by atoms with Gasteiger partial charge in [-0.25, -0.2) is 0 Å². The first-order chi connectivity index (χ1) is 11.4. The average molecular weight is 394 g/mol. The van der Waals surface area contributed by atoms with E-state index >= 15 is 0 Å². The van der Waals surface area contributed by atoms with Gasteiger partial charge in [0.1, 0.15) is 11.8 Å². The van der Waals surface area contributed by atoms with E-state index in [-0.39, 0.29) is 17.7 Å². The van der Waals surface area contributed by atoms with Gasteiger partial charge in [0.2, 0.25) is 5.91 Å². The molecule has 0 aliphatic carbocycles. The molecule has 0 aliphatic rings. The SMILES string of the molecule is CCC(C)[C@H](NC(=O)c1ccccc1Br)C(=O)Nc1cc(C)on1. The molecule has 1 heterocycles. The van der Waals surface area contributed by atoms with Crippen molar-refractivity contribution >= 4 is 33.6 Å². The maximum absolute atomic E-state index is 12.6. The Bertz CT molecular complexity index is 729. The van der Waals surface area contributed by atoms with E-state index in [0.717, 1.165) is 6.42 Å². The van der Waals surface area contributed by atoms with Crippen LogP contribution in [0.5, 0.6) is 0 Å². The van der Waals surface area contributed by atoms with E-state index in [9.17, 15) is 9.59 Å². The molecule has 0 saturated heterocycles. The first-order valence-corrected chi connectivity index (χ1v) is 8.51. The van der Waals surface area contributed by atoms with Gasteiger partial charge in [0.25, 0.3) is 5.91 Å². The Morgan fingerprint density at radius 2 is 2.04 bits per heavy atom. The summed E-state index contributed by atoms with van der Waals surface area (Å²) in [6.07, 6.45) is 0.742. The number of benzene rings is 1. The van der Waals surface area contributed by atoms with Crippen LogP contribution in [0.3, 0.4) is 0 Å². The molecule has 2 amide bonds. The number of anilines is 1. The predicted molar refractivity (Wildman–Crippen MR) is 94.7 cm³/mol. The number of aromatic nitrogens is 1. The highest BCUT2D eigenvalue weighted by atomic mass is 79.9. The van der Waals surface area contributed by atoms with Crippen molar-refractivity contribution in [2.45, 2.75) is 33.2 Å². The van der Waals surface area contributed by atoms with E-state index in [1.807, 2.05) is 19.9 Å². The molecule has 0 bridgehead atoms. The van der Waals surface area contributed by atoms with Crippen LogP contribution in [0.15, 0.2) is 39.3 Å². The Morgan fingerprint density at radius 3 is 2.62 bits per heavy atom. The highest BCUT2D eigenvalue weighted by Gasteiger charge is 2.27. The molecule has 24 heavy (non-hydrogen) atoms. The molecule has 0 radical (unpaired) electrons. The lowest BCUT2D eigenvalue weighted by molar-refractivity contribution is -0.119. The van der Waals surface area contributed by atoms with Gasteiger partial charge in [-0.05, 0) is 40.9 Å². The molecule has 2 aromatic rings. The number of carbonyl (C=O) groups excluding carboxylic acids is 2. The van der Waals surface area contributed by atoms with Crippen molar-refractivity contribution in [3.05, 3.63) is 46.1 Å². The Morgan fingerprint density at radius 1 is 1.33 bits per heavy atom. The smallest absolute Gasteiger partial charge is 0.253 e. The van der Waals surface area contributed by atoms with Crippen molar-refractivity contribution in [3.63, 3.8) is 0 Å². The van der Waals surface area contributed by atoms with Crippen LogP contribution in [-0.4, -0.2) is 23.0 Å². The molecule has 128 valence electrons. The minimum Gasteiger partial charge on any atom is -0.360 e. The molecular formula is C17H20BrN3O3. The molecule has 2 atom stereocenters. The highest BCUT2D eigenvalue weighted by Crippen LogP contribution is 2.18. The topological polar surface area (TPSA) is 84.2 Å². The number of nitrogens with one attached hydrogen (secondary N) is 2. The zero-order valence-corrected chi connectivity index (χ0v) is 15.4. The molecule has 0 aliphatic heterocycles. The van der Waals surface area contributed by atoms with Gasteiger partial charge in [0.15, 0.2) is 5.82 Å². The fourth-order valence-electron chi connectivity index (χ4n) is 2.20.